The molecule has 1 aliphatic rings. The van der Waals surface area contributed by atoms with Crippen molar-refractivity contribution in [2.24, 2.45) is 0 Å². The van der Waals surface area contributed by atoms with Gasteiger partial charge in [-0.1, -0.05) is 91.0 Å². The third-order valence-electron chi connectivity index (χ3n) is 5.58. The van der Waals surface area contributed by atoms with Crippen LogP contribution in [0.15, 0.2) is 97.1 Å². The highest BCUT2D eigenvalue weighted by atomic mass is 16.5. The van der Waals surface area contributed by atoms with E-state index in [1.54, 1.807) is 0 Å². The van der Waals surface area contributed by atoms with Gasteiger partial charge >= 0.3 is 0 Å². The Balaban J connectivity index is 1.52. The Hall–Kier alpha value is -3.10. The summed E-state index contributed by atoms with van der Waals surface area (Å²) in [5.41, 5.74) is 3.92. The maximum atomic E-state index is 6.40. The van der Waals surface area contributed by atoms with Crippen LogP contribution in [0.5, 0.6) is 5.75 Å². The molecule has 4 aromatic carbocycles. The van der Waals surface area contributed by atoms with Gasteiger partial charge in [-0.15, -0.1) is 0 Å². The lowest BCUT2D eigenvalue weighted by atomic mass is 9.83. The summed E-state index contributed by atoms with van der Waals surface area (Å²) in [5.74, 6) is 1.30. The maximum absolute atomic E-state index is 6.40. The lowest BCUT2D eigenvalue weighted by Gasteiger charge is -2.34. The number of hydrogen-bond donors (Lipinski definition) is 1. The van der Waals surface area contributed by atoms with Gasteiger partial charge < -0.3 is 4.74 Å². The van der Waals surface area contributed by atoms with Gasteiger partial charge in [-0.2, -0.15) is 0 Å². The van der Waals surface area contributed by atoms with Crippen molar-refractivity contribution >= 4 is 10.8 Å². The van der Waals surface area contributed by atoms with Crippen molar-refractivity contribution in [1.82, 2.24) is 5.32 Å². The van der Waals surface area contributed by atoms with Crippen molar-refractivity contribution in [3.8, 4) is 5.75 Å². The zero-order chi connectivity index (χ0) is 18.8. The fraction of sp³-hybridized carbons (Fsp3) is 0.154. The SMILES string of the molecule is c1ccc(CN[C@H]2C[C@@H](c3ccccc3)c3c(ccc4ccccc34)O2)cc1. The van der Waals surface area contributed by atoms with Crippen molar-refractivity contribution in [3.05, 3.63) is 114 Å². The van der Waals surface area contributed by atoms with E-state index < -0.39 is 0 Å². The minimum Gasteiger partial charge on any atom is -0.475 e. The molecule has 0 saturated carbocycles. The second kappa shape index (κ2) is 7.49. The van der Waals surface area contributed by atoms with Crippen molar-refractivity contribution in [2.45, 2.75) is 25.1 Å². The molecule has 4 aromatic rings. The Morgan fingerprint density at radius 3 is 2.29 bits per heavy atom. The Bertz CT molecular complexity index is 1080. The standard InChI is InChI=1S/C26H23NO/c1-3-9-19(10-4-1)18-27-25-17-23(20-11-5-2-6-12-20)26-22-14-8-7-13-21(22)15-16-24(26)28-25/h1-16,23,25,27H,17-18H2/t23-,25+/m0/s1. The topological polar surface area (TPSA) is 21.3 Å². The van der Waals surface area contributed by atoms with Gasteiger partial charge in [-0.3, -0.25) is 5.32 Å². The zero-order valence-corrected chi connectivity index (χ0v) is 15.7. The summed E-state index contributed by atoms with van der Waals surface area (Å²) in [4.78, 5) is 0. The molecule has 1 aliphatic heterocycles. The van der Waals surface area contributed by atoms with Gasteiger partial charge in [-0.25, -0.2) is 0 Å². The highest BCUT2D eigenvalue weighted by Crippen LogP contribution is 2.43. The Labute approximate surface area is 165 Å². The molecule has 0 spiro atoms. The van der Waals surface area contributed by atoms with E-state index in [0.29, 0.717) is 5.92 Å². The molecule has 28 heavy (non-hydrogen) atoms. The lowest BCUT2D eigenvalue weighted by Crippen LogP contribution is -2.38. The molecular weight excluding hydrogens is 342 g/mol. The molecule has 0 aliphatic carbocycles. The van der Waals surface area contributed by atoms with E-state index in [9.17, 15) is 0 Å². The van der Waals surface area contributed by atoms with Gasteiger partial charge in [0.2, 0.25) is 0 Å². The fourth-order valence-corrected chi connectivity index (χ4v) is 4.21. The number of nitrogens with one attached hydrogen (secondary N) is 1. The van der Waals surface area contributed by atoms with Crippen LogP contribution in [-0.2, 0) is 6.54 Å². The first kappa shape index (κ1) is 17.0. The molecule has 5 rings (SSSR count). The predicted molar refractivity (Wildman–Crippen MR) is 115 cm³/mol. The van der Waals surface area contributed by atoms with Crippen molar-refractivity contribution in [1.29, 1.82) is 0 Å². The molecular formula is C26H23NO. The molecule has 0 unspecified atom stereocenters. The van der Waals surface area contributed by atoms with Gasteiger partial charge in [0.05, 0.1) is 0 Å². The lowest BCUT2D eigenvalue weighted by molar-refractivity contribution is 0.129. The normalized spacial score (nSPS) is 18.4. The van der Waals surface area contributed by atoms with Gasteiger partial charge in [0.25, 0.3) is 0 Å². The molecule has 0 saturated heterocycles. The first-order chi connectivity index (χ1) is 13.9. The van der Waals surface area contributed by atoms with E-state index in [1.165, 1.54) is 27.5 Å². The van der Waals surface area contributed by atoms with Gasteiger partial charge in [0.15, 0.2) is 6.23 Å². The molecule has 0 radical (unpaired) electrons. The summed E-state index contributed by atoms with van der Waals surface area (Å²) < 4.78 is 6.40. The van der Waals surface area contributed by atoms with Gasteiger partial charge in [0.1, 0.15) is 5.75 Å². The van der Waals surface area contributed by atoms with E-state index >= 15 is 0 Å². The van der Waals surface area contributed by atoms with Crippen LogP contribution in [0.4, 0.5) is 0 Å². The van der Waals surface area contributed by atoms with Crippen LogP contribution < -0.4 is 10.1 Å². The van der Waals surface area contributed by atoms with E-state index in [0.717, 1.165) is 18.7 Å². The summed E-state index contributed by atoms with van der Waals surface area (Å²) in [5, 5.41) is 6.16. The molecule has 1 N–H and O–H groups in total. The van der Waals surface area contributed by atoms with Crippen LogP contribution in [0.25, 0.3) is 10.8 Å². The molecule has 2 nitrogen and oxygen atoms in total. The Morgan fingerprint density at radius 1 is 0.750 bits per heavy atom. The van der Waals surface area contributed by atoms with Crippen LogP contribution >= 0.6 is 0 Å². The van der Waals surface area contributed by atoms with Gasteiger partial charge in [0, 0.05) is 24.4 Å². The third-order valence-corrected chi connectivity index (χ3v) is 5.58. The molecule has 0 aromatic heterocycles. The number of rotatable bonds is 4. The summed E-state index contributed by atoms with van der Waals surface area (Å²) in [6.45, 7) is 0.802. The van der Waals surface area contributed by atoms with Crippen molar-refractivity contribution in [3.63, 3.8) is 0 Å². The summed E-state index contributed by atoms with van der Waals surface area (Å²) in [6, 6.07) is 34.2. The first-order valence-electron chi connectivity index (χ1n) is 9.89. The molecule has 0 amide bonds. The number of ether oxygens (including phenoxy) is 1. The van der Waals surface area contributed by atoms with Crippen molar-refractivity contribution < 1.29 is 4.74 Å². The maximum Gasteiger partial charge on any atom is 0.151 e. The highest BCUT2D eigenvalue weighted by molar-refractivity contribution is 5.89. The van der Waals surface area contributed by atoms with E-state index in [2.05, 4.69) is 96.3 Å². The second-order valence-electron chi connectivity index (χ2n) is 7.37. The Morgan fingerprint density at radius 2 is 1.46 bits per heavy atom. The molecule has 138 valence electrons. The number of benzene rings is 4. The monoisotopic (exact) mass is 365 g/mol. The van der Waals surface area contributed by atoms with Crippen LogP contribution in [0, 0.1) is 0 Å². The van der Waals surface area contributed by atoms with E-state index in [-0.39, 0.29) is 6.23 Å². The fourth-order valence-electron chi connectivity index (χ4n) is 4.21. The molecule has 2 atom stereocenters. The number of hydrogen-bond acceptors (Lipinski definition) is 2. The van der Waals surface area contributed by atoms with Crippen LogP contribution in [-0.4, -0.2) is 6.23 Å². The smallest absolute Gasteiger partial charge is 0.151 e. The quantitative estimate of drug-likeness (QED) is 0.488. The second-order valence-corrected chi connectivity index (χ2v) is 7.37. The van der Waals surface area contributed by atoms with E-state index in [1.807, 2.05) is 6.07 Å². The minimum atomic E-state index is -0.0147. The average molecular weight is 365 g/mol. The zero-order valence-electron chi connectivity index (χ0n) is 15.7. The average Bonchev–Trinajstić information content (AvgIpc) is 2.78. The first-order valence-corrected chi connectivity index (χ1v) is 9.89. The van der Waals surface area contributed by atoms with Crippen molar-refractivity contribution in [2.75, 3.05) is 0 Å². The third kappa shape index (κ3) is 3.28. The van der Waals surface area contributed by atoms with Crippen LogP contribution in [0.3, 0.4) is 0 Å². The highest BCUT2D eigenvalue weighted by Gasteiger charge is 2.30. The van der Waals surface area contributed by atoms with E-state index in [4.69, 9.17) is 4.74 Å². The molecule has 0 bridgehead atoms. The molecule has 0 fully saturated rings. The molecule has 2 heteroatoms. The number of fused-ring (bicyclic) bond motifs is 3. The van der Waals surface area contributed by atoms with Crippen LogP contribution in [0.2, 0.25) is 0 Å². The molecule has 1 heterocycles. The van der Waals surface area contributed by atoms with Gasteiger partial charge in [-0.05, 0) is 28.0 Å². The minimum absolute atomic E-state index is 0.0147. The van der Waals surface area contributed by atoms with Crippen LogP contribution in [0.1, 0.15) is 29.0 Å². The Kier molecular flexibility index (Phi) is 4.56. The largest absolute Gasteiger partial charge is 0.475 e. The summed E-state index contributed by atoms with van der Waals surface area (Å²) in [7, 11) is 0. The summed E-state index contributed by atoms with van der Waals surface area (Å²) in [6.07, 6.45) is 0.900. The predicted octanol–water partition coefficient (Wildman–Crippen LogP) is 5.87. The summed E-state index contributed by atoms with van der Waals surface area (Å²) >= 11 is 0.